The van der Waals surface area contributed by atoms with Crippen molar-refractivity contribution in [2.45, 2.75) is 475 Å². The molecule has 5 heterocycles. The van der Waals surface area contributed by atoms with Crippen molar-refractivity contribution in [1.82, 2.24) is 61.3 Å². The molecule has 10 aliphatic rings. The van der Waals surface area contributed by atoms with E-state index in [1.165, 1.54) is 193 Å². The number of hydrogen-bond donors (Lipinski definition) is 6. The van der Waals surface area contributed by atoms with Crippen LogP contribution in [0.1, 0.15) is 362 Å². The first kappa shape index (κ1) is 104. The van der Waals surface area contributed by atoms with Crippen molar-refractivity contribution in [3.63, 3.8) is 0 Å². The molecule has 0 amide bonds. The maximum Gasteiger partial charge on any atom is 0.272 e. The van der Waals surface area contributed by atoms with Gasteiger partial charge in [-0.05, 0) is 272 Å². The number of morpholine rings is 1. The Hall–Kier alpha value is -0.660. The number of hydrogen-bond acceptors (Lipinski definition) is 13. The molecule has 0 unspecified atom stereocenters. The minimum absolute atomic E-state index is 0.0509. The lowest BCUT2D eigenvalue weighted by Crippen LogP contribution is -2.58. The molecule has 15 heteroatoms. The molecule has 6 N–H and O–H groups in total. The van der Waals surface area contributed by atoms with Gasteiger partial charge in [0.15, 0.2) is 0 Å². The van der Waals surface area contributed by atoms with E-state index in [1.54, 1.807) is 4.90 Å². The summed E-state index contributed by atoms with van der Waals surface area (Å²) in [4.78, 5) is 14.3. The first-order valence-electron chi connectivity index (χ1n) is 43.9. The molecular formula is C88H190F2N12O. The number of likely N-dealkylation sites (tertiary alicyclic amines) is 4. The number of piperidine rings is 2. The Labute approximate surface area is 645 Å². The second kappa shape index (κ2) is 60.1. The highest BCUT2D eigenvalue weighted by molar-refractivity contribution is 4.89. The first-order chi connectivity index (χ1) is 47.9. The Morgan fingerprint density at radius 2 is 0.670 bits per heavy atom. The largest absolute Gasteiger partial charge is 0.379 e. The average Bonchev–Trinajstić information content (AvgIpc) is 1.80. The molecule has 0 spiro atoms. The van der Waals surface area contributed by atoms with Gasteiger partial charge in [0.1, 0.15) is 0 Å². The van der Waals surface area contributed by atoms with E-state index in [9.17, 15) is 8.78 Å². The molecule has 0 aromatic heterocycles. The van der Waals surface area contributed by atoms with Crippen LogP contribution in [0.25, 0.3) is 0 Å². The van der Waals surface area contributed by atoms with Crippen LogP contribution >= 0.6 is 0 Å². The molecule has 5 aliphatic carbocycles. The predicted octanol–water partition coefficient (Wildman–Crippen LogP) is 19.6. The Balaban J connectivity index is 0. The smallest absolute Gasteiger partial charge is 0.272 e. The minimum atomic E-state index is -2.40. The highest BCUT2D eigenvalue weighted by Crippen LogP contribution is 2.29. The van der Waals surface area contributed by atoms with Crippen molar-refractivity contribution in [3.05, 3.63) is 0 Å². The fourth-order valence-corrected chi connectivity index (χ4v) is 13.6. The van der Waals surface area contributed by atoms with Crippen LogP contribution in [0, 0.1) is 5.92 Å². The summed E-state index contributed by atoms with van der Waals surface area (Å²) in [6.07, 6.45) is 34.1. The Bertz CT molecular complexity index is 1780. The maximum absolute atomic E-state index is 12.1. The molecule has 103 heavy (non-hydrogen) atoms. The van der Waals surface area contributed by atoms with Crippen LogP contribution in [0.2, 0.25) is 0 Å². The third-order valence-corrected chi connectivity index (χ3v) is 20.2. The van der Waals surface area contributed by atoms with Crippen molar-refractivity contribution >= 4 is 0 Å². The fraction of sp³-hybridized carbons (Fsp3) is 1.00. The van der Waals surface area contributed by atoms with Crippen LogP contribution in [0.15, 0.2) is 0 Å². The first-order valence-corrected chi connectivity index (χ1v) is 43.9. The summed E-state index contributed by atoms with van der Waals surface area (Å²) in [5, 5.41) is 20.7. The number of ether oxygens (including phenoxy) is 1. The summed E-state index contributed by atoms with van der Waals surface area (Å²) >= 11 is 0. The second-order valence-electron chi connectivity index (χ2n) is 37.8. The van der Waals surface area contributed by atoms with Gasteiger partial charge in [-0.15, -0.1) is 0 Å². The van der Waals surface area contributed by atoms with Gasteiger partial charge < -0.3 is 56.2 Å². The lowest BCUT2D eigenvalue weighted by atomic mass is 9.93. The number of alkyl halides is 2. The standard InChI is InChI=1S/C9H19N.C8H17NO.3C8H17N.3C7H15N.2C7H17N.C6H11F2N.C6H13N/c1-8(2)10-9-6-4-3-5-7-9;1-8(2,3)9-4-6-10-7-5-9;2*1-8(2)9-6-4-3-5-7-9;1-7(2)9-8-5-3-4-6-8;1-6(2)8(3)7-4-5-7;1-7(2)8-5-3-4-6-8;1-6(2)8-7-4-3-5-7;1-6(2)8-7(3,4)5;1-6(2)5-8-7(3)4;1-5(2)9-3-6(7,8)4-9;1-5(2)7-6-3-4-6/h8-10H,3-7H2,1-2H3;4-7H2,1-3H3;2*8H,3-7H2,1-2H3;7-9H,3-6H2,1-2H3;6-7H,4-5H2,1-3H3;7H,3-6H2,1-2H3;6-8H,3-5H2,1-2H3;6,8H,1-5H3;6-8H,5H2,1-4H3;5H,3-4H2,1-2H3;5-7H,3-4H2,1-2H3. The van der Waals surface area contributed by atoms with Gasteiger partial charge in [-0.2, -0.15) is 0 Å². The summed E-state index contributed by atoms with van der Waals surface area (Å²) < 4.78 is 29.5. The summed E-state index contributed by atoms with van der Waals surface area (Å²) in [6.45, 7) is 79.1. The van der Waals surface area contributed by atoms with Crippen LogP contribution in [-0.4, -0.2) is 235 Å². The molecule has 0 bridgehead atoms. The quantitative estimate of drug-likeness (QED) is 0.0786. The van der Waals surface area contributed by atoms with Gasteiger partial charge in [0.2, 0.25) is 0 Å². The number of nitrogens with one attached hydrogen (secondary N) is 6. The number of rotatable bonds is 18. The zero-order chi connectivity index (χ0) is 78.9. The highest BCUT2D eigenvalue weighted by Gasteiger charge is 2.44. The topological polar surface area (TPSA) is 101 Å². The van der Waals surface area contributed by atoms with Crippen LogP contribution < -0.4 is 31.9 Å². The lowest BCUT2D eigenvalue weighted by Gasteiger charge is -2.41. The maximum atomic E-state index is 12.1. The minimum Gasteiger partial charge on any atom is -0.379 e. The van der Waals surface area contributed by atoms with Crippen molar-refractivity contribution < 1.29 is 13.5 Å². The summed E-state index contributed by atoms with van der Waals surface area (Å²) in [6, 6.07) is 11.6. The molecule has 0 aromatic carbocycles. The van der Waals surface area contributed by atoms with Crippen LogP contribution in [-0.2, 0) is 4.74 Å². The van der Waals surface area contributed by atoms with Gasteiger partial charge in [-0.25, -0.2) is 8.78 Å². The van der Waals surface area contributed by atoms with E-state index < -0.39 is 5.92 Å². The Morgan fingerprint density at radius 3 is 0.835 bits per heavy atom. The third-order valence-electron chi connectivity index (χ3n) is 20.2. The predicted molar refractivity (Wildman–Crippen MR) is 456 cm³/mol. The van der Waals surface area contributed by atoms with Gasteiger partial charge in [-0.1, -0.05) is 148 Å². The third kappa shape index (κ3) is 65.7. The SMILES string of the molecule is CC(C)(C)N1CCOCC1.CC(C)CNC(C)C.CC(C)N(C)C1CC1.CC(C)N1CC(F)(F)C1.CC(C)N1CCCC1.CC(C)N1CCCCC1.CC(C)N1CCCCC1.CC(C)NC(C)(C)C.CC(C)NC1CC1.CC(C)NC1CCC1.CC(C)NC1CCCC1.CC(C)NC1CCCCC1. The molecule has 5 saturated heterocycles. The summed E-state index contributed by atoms with van der Waals surface area (Å²) in [5.41, 5.74) is 0.595. The molecule has 0 atom stereocenters. The summed E-state index contributed by atoms with van der Waals surface area (Å²) in [5.74, 6) is -1.62. The highest BCUT2D eigenvalue weighted by atomic mass is 19.3. The van der Waals surface area contributed by atoms with Gasteiger partial charge in [-0.3, -0.25) is 9.80 Å². The van der Waals surface area contributed by atoms with Crippen LogP contribution in [0.4, 0.5) is 8.78 Å². The molecule has 622 valence electrons. The van der Waals surface area contributed by atoms with E-state index >= 15 is 0 Å². The van der Waals surface area contributed by atoms with Gasteiger partial charge in [0.05, 0.1) is 26.3 Å². The van der Waals surface area contributed by atoms with E-state index in [0.29, 0.717) is 41.8 Å². The lowest BCUT2D eigenvalue weighted by molar-refractivity contribution is -0.141. The Kier molecular flexibility index (Phi) is 60.9. The van der Waals surface area contributed by atoms with Crippen molar-refractivity contribution in [3.8, 4) is 0 Å². The van der Waals surface area contributed by atoms with E-state index in [-0.39, 0.29) is 24.7 Å². The molecular weight excluding hydrogens is 1280 g/mol. The van der Waals surface area contributed by atoms with Gasteiger partial charge in [0, 0.05) is 121 Å². The fourth-order valence-electron chi connectivity index (χ4n) is 13.6. The number of nitrogens with zero attached hydrogens (tertiary/aromatic N) is 6. The van der Waals surface area contributed by atoms with Crippen molar-refractivity contribution in [2.24, 2.45) is 5.92 Å². The normalized spacial score (nSPS) is 20.9. The van der Waals surface area contributed by atoms with E-state index in [2.05, 4.69) is 257 Å². The second-order valence-corrected chi connectivity index (χ2v) is 37.8. The zero-order valence-electron chi connectivity index (χ0n) is 75.3. The molecule has 10 rings (SSSR count). The van der Waals surface area contributed by atoms with Crippen molar-refractivity contribution in [2.75, 3.05) is 92.3 Å². The van der Waals surface area contributed by atoms with Crippen LogP contribution in [0.5, 0.6) is 0 Å². The molecule has 13 nitrogen and oxygen atoms in total. The molecule has 5 saturated carbocycles. The number of halogens is 2. The molecule has 10 fully saturated rings. The molecule has 5 aliphatic heterocycles. The Morgan fingerprint density at radius 1 is 0.369 bits per heavy atom. The summed E-state index contributed by atoms with van der Waals surface area (Å²) in [7, 11) is 2.21. The zero-order valence-corrected chi connectivity index (χ0v) is 75.3. The average molecular weight is 1470 g/mol. The van der Waals surface area contributed by atoms with Gasteiger partial charge >= 0.3 is 0 Å². The van der Waals surface area contributed by atoms with E-state index in [4.69, 9.17) is 4.74 Å². The van der Waals surface area contributed by atoms with Crippen LogP contribution in [0.3, 0.4) is 0 Å². The van der Waals surface area contributed by atoms with Gasteiger partial charge in [0.25, 0.3) is 5.92 Å². The molecule has 0 radical (unpaired) electrons. The monoisotopic (exact) mass is 1470 g/mol. The molecule has 0 aromatic rings. The van der Waals surface area contributed by atoms with E-state index in [0.717, 1.165) is 93.1 Å². The van der Waals surface area contributed by atoms with E-state index in [1.807, 2.05) is 13.8 Å². The van der Waals surface area contributed by atoms with Crippen molar-refractivity contribution in [1.29, 1.82) is 0 Å².